The number of aromatic nitrogens is 4. The average molecular weight is 413 g/mol. The summed E-state index contributed by atoms with van der Waals surface area (Å²) >= 11 is 6.01. The molecule has 2 heterocycles. The standard InChI is InChI=1S/C20H21ClN6O2/c1-29-18-7-5-17(6-8-18)27-19(22-23-24-27)14-25-9-11-26(12-10-25)20(28)15-3-2-4-16(21)13-15/h2-8,13H,9-12,14H2,1H3. The molecule has 1 aliphatic rings. The molecule has 1 saturated heterocycles. The third kappa shape index (κ3) is 4.38. The van der Waals surface area contributed by atoms with Gasteiger partial charge in [-0.1, -0.05) is 17.7 Å². The quantitative estimate of drug-likeness (QED) is 0.640. The van der Waals surface area contributed by atoms with Gasteiger partial charge in [0, 0.05) is 36.8 Å². The van der Waals surface area contributed by atoms with Crippen LogP contribution in [0.2, 0.25) is 5.02 Å². The molecule has 0 saturated carbocycles. The molecular formula is C20H21ClN6O2. The molecule has 29 heavy (non-hydrogen) atoms. The van der Waals surface area contributed by atoms with E-state index in [1.807, 2.05) is 29.2 Å². The van der Waals surface area contributed by atoms with Gasteiger partial charge in [-0.25, -0.2) is 0 Å². The molecule has 3 aromatic rings. The van der Waals surface area contributed by atoms with Crippen molar-refractivity contribution in [3.63, 3.8) is 0 Å². The first-order chi connectivity index (χ1) is 14.1. The van der Waals surface area contributed by atoms with Crippen LogP contribution in [0.3, 0.4) is 0 Å². The average Bonchev–Trinajstić information content (AvgIpc) is 3.22. The second-order valence-corrected chi connectivity index (χ2v) is 7.22. The fourth-order valence-electron chi connectivity index (χ4n) is 3.34. The van der Waals surface area contributed by atoms with Gasteiger partial charge >= 0.3 is 0 Å². The van der Waals surface area contributed by atoms with Crippen molar-refractivity contribution in [3.8, 4) is 11.4 Å². The van der Waals surface area contributed by atoms with Gasteiger partial charge < -0.3 is 9.64 Å². The zero-order chi connectivity index (χ0) is 20.2. The number of benzene rings is 2. The van der Waals surface area contributed by atoms with Crippen molar-refractivity contribution < 1.29 is 9.53 Å². The molecule has 1 fully saturated rings. The minimum absolute atomic E-state index is 0.00946. The van der Waals surface area contributed by atoms with Crippen molar-refractivity contribution in [1.29, 1.82) is 0 Å². The Morgan fingerprint density at radius 3 is 2.55 bits per heavy atom. The highest BCUT2D eigenvalue weighted by molar-refractivity contribution is 6.30. The molecular weight excluding hydrogens is 392 g/mol. The van der Waals surface area contributed by atoms with Crippen molar-refractivity contribution in [3.05, 3.63) is 64.9 Å². The Morgan fingerprint density at radius 2 is 1.86 bits per heavy atom. The number of nitrogens with zero attached hydrogens (tertiary/aromatic N) is 6. The third-order valence-corrected chi connectivity index (χ3v) is 5.18. The summed E-state index contributed by atoms with van der Waals surface area (Å²) in [5.74, 6) is 1.55. The van der Waals surface area contributed by atoms with E-state index in [9.17, 15) is 4.79 Å². The summed E-state index contributed by atoms with van der Waals surface area (Å²) in [7, 11) is 1.63. The van der Waals surface area contributed by atoms with E-state index in [0.717, 1.165) is 30.4 Å². The van der Waals surface area contributed by atoms with Gasteiger partial charge in [-0.2, -0.15) is 4.68 Å². The van der Waals surface area contributed by atoms with E-state index in [4.69, 9.17) is 16.3 Å². The summed E-state index contributed by atoms with van der Waals surface area (Å²) in [6.07, 6.45) is 0. The monoisotopic (exact) mass is 412 g/mol. The highest BCUT2D eigenvalue weighted by Gasteiger charge is 2.23. The first-order valence-electron chi connectivity index (χ1n) is 9.33. The summed E-state index contributed by atoms with van der Waals surface area (Å²) in [5, 5.41) is 12.7. The molecule has 1 aromatic heterocycles. The summed E-state index contributed by atoms with van der Waals surface area (Å²) in [6, 6.07) is 14.7. The molecule has 0 aliphatic carbocycles. The first-order valence-corrected chi connectivity index (χ1v) is 9.71. The van der Waals surface area contributed by atoms with Crippen LogP contribution in [0.5, 0.6) is 5.75 Å². The second-order valence-electron chi connectivity index (χ2n) is 6.78. The summed E-state index contributed by atoms with van der Waals surface area (Å²) < 4.78 is 6.92. The molecule has 0 atom stereocenters. The van der Waals surface area contributed by atoms with Crippen molar-refractivity contribution in [2.24, 2.45) is 0 Å². The number of rotatable bonds is 5. The number of hydrogen-bond acceptors (Lipinski definition) is 6. The molecule has 0 bridgehead atoms. The van der Waals surface area contributed by atoms with Gasteiger partial charge in [0.05, 0.1) is 19.3 Å². The molecule has 8 nitrogen and oxygen atoms in total. The van der Waals surface area contributed by atoms with Gasteiger partial charge in [0.2, 0.25) is 0 Å². The first kappa shape index (κ1) is 19.4. The minimum atomic E-state index is 0.00946. The summed E-state index contributed by atoms with van der Waals surface area (Å²) in [4.78, 5) is 16.8. The lowest BCUT2D eigenvalue weighted by molar-refractivity contribution is 0.0624. The maximum absolute atomic E-state index is 12.7. The Hall–Kier alpha value is -2.97. The van der Waals surface area contributed by atoms with E-state index < -0.39 is 0 Å². The van der Waals surface area contributed by atoms with Gasteiger partial charge in [-0.15, -0.1) is 5.10 Å². The molecule has 0 radical (unpaired) electrons. The number of methoxy groups -OCH3 is 1. The summed E-state index contributed by atoms with van der Waals surface area (Å²) in [5.41, 5.74) is 1.50. The van der Waals surface area contributed by atoms with Crippen LogP contribution in [0, 0.1) is 0 Å². The third-order valence-electron chi connectivity index (χ3n) is 4.95. The van der Waals surface area contributed by atoms with E-state index in [-0.39, 0.29) is 5.91 Å². The topological polar surface area (TPSA) is 76.4 Å². The predicted octanol–water partition coefficient (Wildman–Crippen LogP) is 2.28. The lowest BCUT2D eigenvalue weighted by Gasteiger charge is -2.34. The SMILES string of the molecule is COc1ccc(-n2nnnc2CN2CCN(C(=O)c3cccc(Cl)c3)CC2)cc1. The van der Waals surface area contributed by atoms with Crippen LogP contribution in [0.15, 0.2) is 48.5 Å². The smallest absolute Gasteiger partial charge is 0.253 e. The molecule has 150 valence electrons. The fraction of sp³-hybridized carbons (Fsp3) is 0.300. The molecule has 4 rings (SSSR count). The molecule has 1 aliphatic heterocycles. The van der Waals surface area contributed by atoms with Crippen molar-refractivity contribution >= 4 is 17.5 Å². The fourth-order valence-corrected chi connectivity index (χ4v) is 3.53. The zero-order valence-electron chi connectivity index (χ0n) is 16.0. The zero-order valence-corrected chi connectivity index (χ0v) is 16.8. The molecule has 2 aromatic carbocycles. The summed E-state index contributed by atoms with van der Waals surface area (Å²) in [6.45, 7) is 3.41. The van der Waals surface area contributed by atoms with Crippen LogP contribution in [-0.2, 0) is 6.54 Å². The molecule has 0 spiro atoms. The van der Waals surface area contributed by atoms with E-state index in [1.165, 1.54) is 0 Å². The van der Waals surface area contributed by atoms with Gasteiger partial charge in [-0.3, -0.25) is 9.69 Å². The van der Waals surface area contributed by atoms with E-state index in [2.05, 4.69) is 20.4 Å². The number of piperazine rings is 1. The van der Waals surface area contributed by atoms with Crippen LogP contribution in [-0.4, -0.2) is 69.2 Å². The number of ether oxygens (including phenoxy) is 1. The van der Waals surface area contributed by atoms with Crippen molar-refractivity contribution in [2.45, 2.75) is 6.54 Å². The number of carbonyl (C=O) groups excluding carboxylic acids is 1. The van der Waals surface area contributed by atoms with E-state index in [0.29, 0.717) is 30.2 Å². The Bertz CT molecular complexity index is 983. The Balaban J connectivity index is 1.38. The van der Waals surface area contributed by atoms with E-state index in [1.54, 1.807) is 36.1 Å². The Morgan fingerprint density at radius 1 is 1.10 bits per heavy atom. The normalized spacial score (nSPS) is 14.8. The van der Waals surface area contributed by atoms with E-state index >= 15 is 0 Å². The molecule has 0 unspecified atom stereocenters. The van der Waals surface area contributed by atoms with Gasteiger partial charge in [0.15, 0.2) is 5.82 Å². The highest BCUT2D eigenvalue weighted by atomic mass is 35.5. The molecule has 1 amide bonds. The van der Waals surface area contributed by atoms with Crippen LogP contribution in [0.1, 0.15) is 16.2 Å². The maximum atomic E-state index is 12.7. The maximum Gasteiger partial charge on any atom is 0.253 e. The predicted molar refractivity (Wildman–Crippen MR) is 108 cm³/mol. The number of amides is 1. The number of halogens is 1. The van der Waals surface area contributed by atoms with Crippen molar-refractivity contribution in [2.75, 3.05) is 33.3 Å². The number of carbonyl (C=O) groups is 1. The lowest BCUT2D eigenvalue weighted by atomic mass is 10.2. The van der Waals surface area contributed by atoms with Crippen LogP contribution in [0.4, 0.5) is 0 Å². The van der Waals surface area contributed by atoms with Crippen LogP contribution in [0.25, 0.3) is 5.69 Å². The number of hydrogen-bond donors (Lipinski definition) is 0. The highest BCUT2D eigenvalue weighted by Crippen LogP contribution is 2.17. The van der Waals surface area contributed by atoms with Gasteiger partial charge in [-0.05, 0) is 52.9 Å². The minimum Gasteiger partial charge on any atom is -0.497 e. The van der Waals surface area contributed by atoms with Gasteiger partial charge in [0.25, 0.3) is 5.91 Å². The second kappa shape index (κ2) is 8.59. The van der Waals surface area contributed by atoms with Crippen molar-refractivity contribution in [1.82, 2.24) is 30.0 Å². The lowest BCUT2D eigenvalue weighted by Crippen LogP contribution is -2.48. The molecule has 9 heteroatoms. The van der Waals surface area contributed by atoms with Crippen LogP contribution < -0.4 is 4.74 Å². The molecule has 0 N–H and O–H groups in total. The largest absolute Gasteiger partial charge is 0.497 e. The van der Waals surface area contributed by atoms with Crippen LogP contribution >= 0.6 is 11.6 Å². The van der Waals surface area contributed by atoms with Gasteiger partial charge in [0.1, 0.15) is 5.75 Å². The Labute approximate surface area is 173 Å². The Kier molecular flexibility index (Phi) is 5.73. The number of tetrazole rings is 1.